The summed E-state index contributed by atoms with van der Waals surface area (Å²) in [5, 5.41) is 0. The maximum Gasteiger partial charge on any atom is 0.401 e. The second-order valence-corrected chi connectivity index (χ2v) is 6.99. The fourth-order valence-corrected chi connectivity index (χ4v) is 4.23. The second kappa shape index (κ2) is 5.38. The Morgan fingerprint density at radius 3 is 2.48 bits per heavy atom. The van der Waals surface area contributed by atoms with Gasteiger partial charge in [-0.2, -0.15) is 13.2 Å². The summed E-state index contributed by atoms with van der Waals surface area (Å²) in [6.45, 7) is 3.62. The van der Waals surface area contributed by atoms with Crippen LogP contribution in [0.3, 0.4) is 0 Å². The molecular formula is C17H21F3N2O. The third-order valence-corrected chi connectivity index (χ3v) is 5.44. The van der Waals surface area contributed by atoms with E-state index in [2.05, 4.69) is 29.2 Å². The van der Waals surface area contributed by atoms with Crippen molar-refractivity contribution < 1.29 is 17.9 Å². The molecule has 2 unspecified atom stereocenters. The topological polar surface area (TPSA) is 15.7 Å². The van der Waals surface area contributed by atoms with Crippen molar-refractivity contribution in [3.63, 3.8) is 0 Å². The largest absolute Gasteiger partial charge is 0.401 e. The highest BCUT2D eigenvalue weighted by Gasteiger charge is 2.61. The molecule has 23 heavy (non-hydrogen) atoms. The molecule has 2 heterocycles. The molecule has 3 aliphatic rings. The van der Waals surface area contributed by atoms with E-state index in [4.69, 9.17) is 4.74 Å². The first-order valence-corrected chi connectivity index (χ1v) is 8.19. The van der Waals surface area contributed by atoms with Crippen LogP contribution in [-0.2, 0) is 10.2 Å². The Kier molecular flexibility index (Phi) is 3.57. The molecule has 4 rings (SSSR count). The van der Waals surface area contributed by atoms with Gasteiger partial charge in [0.2, 0.25) is 0 Å². The van der Waals surface area contributed by atoms with Gasteiger partial charge in [-0.15, -0.1) is 0 Å². The number of morpholine rings is 1. The average Bonchev–Trinajstić information content (AvgIpc) is 3.10. The lowest BCUT2D eigenvalue weighted by Crippen LogP contribution is -2.36. The predicted octanol–water partition coefficient (Wildman–Crippen LogP) is 2.66. The fraction of sp³-hybridized carbons (Fsp3) is 0.647. The number of rotatable bonds is 3. The molecule has 1 aliphatic carbocycles. The van der Waals surface area contributed by atoms with E-state index in [1.165, 1.54) is 11.3 Å². The van der Waals surface area contributed by atoms with Crippen LogP contribution in [0.1, 0.15) is 12.0 Å². The van der Waals surface area contributed by atoms with E-state index in [-0.39, 0.29) is 5.41 Å². The van der Waals surface area contributed by atoms with Gasteiger partial charge in [0, 0.05) is 37.3 Å². The number of fused-ring (bicyclic) bond motifs is 1. The molecule has 0 amide bonds. The average molecular weight is 326 g/mol. The van der Waals surface area contributed by atoms with E-state index < -0.39 is 12.7 Å². The van der Waals surface area contributed by atoms with Crippen molar-refractivity contribution >= 4 is 5.69 Å². The van der Waals surface area contributed by atoms with Crippen LogP contribution in [0.2, 0.25) is 0 Å². The quantitative estimate of drug-likeness (QED) is 0.849. The number of hydrogen-bond acceptors (Lipinski definition) is 3. The Balaban J connectivity index is 1.45. The zero-order valence-corrected chi connectivity index (χ0v) is 13.0. The van der Waals surface area contributed by atoms with Gasteiger partial charge >= 0.3 is 6.18 Å². The Morgan fingerprint density at radius 1 is 1.13 bits per heavy atom. The number of likely N-dealkylation sites (tertiary alicyclic amines) is 1. The zero-order valence-electron chi connectivity index (χ0n) is 13.0. The van der Waals surface area contributed by atoms with Crippen LogP contribution in [-0.4, -0.2) is 57.0 Å². The van der Waals surface area contributed by atoms with Gasteiger partial charge in [0.1, 0.15) is 0 Å². The van der Waals surface area contributed by atoms with Crippen molar-refractivity contribution in [3.05, 3.63) is 29.8 Å². The number of hydrogen-bond donors (Lipinski definition) is 0. The summed E-state index contributed by atoms with van der Waals surface area (Å²) in [7, 11) is 0. The maximum absolute atomic E-state index is 12.6. The molecule has 0 radical (unpaired) electrons. The number of anilines is 1. The van der Waals surface area contributed by atoms with Crippen LogP contribution < -0.4 is 4.90 Å². The summed E-state index contributed by atoms with van der Waals surface area (Å²) in [4.78, 5) is 3.85. The van der Waals surface area contributed by atoms with Gasteiger partial charge in [-0.3, -0.25) is 4.90 Å². The van der Waals surface area contributed by atoms with Crippen LogP contribution in [0.5, 0.6) is 0 Å². The number of ether oxygens (including phenoxy) is 1. The van der Waals surface area contributed by atoms with Crippen molar-refractivity contribution in [1.29, 1.82) is 0 Å². The van der Waals surface area contributed by atoms with Crippen LogP contribution in [0, 0.1) is 5.92 Å². The smallest absolute Gasteiger partial charge is 0.378 e. The van der Waals surface area contributed by atoms with Crippen LogP contribution in [0.15, 0.2) is 24.3 Å². The maximum atomic E-state index is 12.6. The number of piperidine rings is 1. The molecule has 3 fully saturated rings. The monoisotopic (exact) mass is 326 g/mol. The minimum absolute atomic E-state index is 0.0329. The molecule has 0 aromatic heterocycles. The SMILES string of the molecule is FC(F)(F)CN1CC2CC2(c2ccc(N3CCOCC3)cc2)C1. The molecule has 0 spiro atoms. The van der Waals surface area contributed by atoms with Gasteiger partial charge in [-0.25, -0.2) is 0 Å². The van der Waals surface area contributed by atoms with E-state index in [1.54, 1.807) is 4.90 Å². The van der Waals surface area contributed by atoms with Gasteiger partial charge in [-0.05, 0) is 30.0 Å². The van der Waals surface area contributed by atoms with Crippen LogP contribution in [0.4, 0.5) is 18.9 Å². The van der Waals surface area contributed by atoms with E-state index in [1.807, 2.05) is 0 Å². The molecule has 1 aromatic rings. The third-order valence-electron chi connectivity index (χ3n) is 5.44. The molecule has 0 N–H and O–H groups in total. The molecule has 2 saturated heterocycles. The molecule has 0 bridgehead atoms. The molecule has 126 valence electrons. The minimum Gasteiger partial charge on any atom is -0.378 e. The predicted molar refractivity (Wildman–Crippen MR) is 81.8 cm³/mol. The summed E-state index contributed by atoms with van der Waals surface area (Å²) in [6, 6.07) is 8.44. The summed E-state index contributed by atoms with van der Waals surface area (Å²) in [6.07, 6.45) is -3.07. The van der Waals surface area contributed by atoms with E-state index in [0.717, 1.165) is 32.7 Å². The Bertz CT molecular complexity index is 568. The Hall–Kier alpha value is -1.27. The minimum atomic E-state index is -4.10. The molecule has 2 atom stereocenters. The number of benzene rings is 1. The molecule has 1 saturated carbocycles. The van der Waals surface area contributed by atoms with E-state index in [9.17, 15) is 13.2 Å². The summed E-state index contributed by atoms with van der Waals surface area (Å²) in [5.41, 5.74) is 2.34. The first kappa shape index (κ1) is 15.3. The van der Waals surface area contributed by atoms with Crippen molar-refractivity contribution in [3.8, 4) is 0 Å². The first-order chi connectivity index (χ1) is 11.0. The van der Waals surface area contributed by atoms with E-state index in [0.29, 0.717) is 19.0 Å². The normalized spacial score (nSPS) is 31.3. The standard InChI is InChI=1S/C17H21F3N2O/c18-17(19,20)12-21-10-14-9-16(14,11-21)13-1-3-15(4-2-13)22-5-7-23-8-6-22/h1-4,14H,5-12H2. The van der Waals surface area contributed by atoms with E-state index >= 15 is 0 Å². The second-order valence-electron chi connectivity index (χ2n) is 6.99. The van der Waals surface area contributed by atoms with Crippen molar-refractivity contribution in [2.75, 3.05) is 50.8 Å². The van der Waals surface area contributed by atoms with Gasteiger partial charge in [0.15, 0.2) is 0 Å². The van der Waals surface area contributed by atoms with Crippen LogP contribution >= 0.6 is 0 Å². The summed E-state index contributed by atoms with van der Waals surface area (Å²) < 4.78 is 43.1. The molecule has 1 aromatic carbocycles. The van der Waals surface area contributed by atoms with Gasteiger partial charge < -0.3 is 9.64 Å². The number of nitrogens with zero attached hydrogens (tertiary/aromatic N) is 2. The molecule has 3 nitrogen and oxygen atoms in total. The first-order valence-electron chi connectivity index (χ1n) is 8.19. The zero-order chi connectivity index (χ0) is 16.1. The highest BCUT2D eigenvalue weighted by molar-refractivity contribution is 5.51. The Labute approximate surface area is 134 Å². The summed E-state index contributed by atoms with van der Waals surface area (Å²) in [5.74, 6) is 0.388. The summed E-state index contributed by atoms with van der Waals surface area (Å²) >= 11 is 0. The number of halogens is 3. The lowest BCUT2D eigenvalue weighted by Gasteiger charge is -2.29. The highest BCUT2D eigenvalue weighted by atomic mass is 19.4. The third kappa shape index (κ3) is 2.94. The van der Waals surface area contributed by atoms with Crippen molar-refractivity contribution in [1.82, 2.24) is 4.90 Å². The molecule has 6 heteroatoms. The van der Waals surface area contributed by atoms with Gasteiger partial charge in [-0.1, -0.05) is 12.1 Å². The van der Waals surface area contributed by atoms with Crippen molar-refractivity contribution in [2.45, 2.75) is 18.0 Å². The fourth-order valence-electron chi connectivity index (χ4n) is 4.23. The molecular weight excluding hydrogens is 305 g/mol. The lowest BCUT2D eigenvalue weighted by atomic mass is 9.94. The Morgan fingerprint density at radius 2 is 1.83 bits per heavy atom. The molecule has 2 aliphatic heterocycles. The van der Waals surface area contributed by atoms with Crippen LogP contribution in [0.25, 0.3) is 0 Å². The van der Waals surface area contributed by atoms with Gasteiger partial charge in [0.25, 0.3) is 0 Å². The number of alkyl halides is 3. The lowest BCUT2D eigenvalue weighted by molar-refractivity contribution is -0.144. The highest BCUT2D eigenvalue weighted by Crippen LogP contribution is 2.59. The van der Waals surface area contributed by atoms with Crippen molar-refractivity contribution in [2.24, 2.45) is 5.92 Å². The van der Waals surface area contributed by atoms with Gasteiger partial charge in [0.05, 0.1) is 19.8 Å².